The average molecular weight is 154 g/mol. The summed E-state index contributed by atoms with van der Waals surface area (Å²) in [7, 11) is 0. The summed E-state index contributed by atoms with van der Waals surface area (Å²) in [5.41, 5.74) is 0. The number of nitrogens with zero attached hydrogens (tertiary/aromatic N) is 2. The van der Waals surface area contributed by atoms with E-state index in [1.54, 1.807) is 12.5 Å². The lowest BCUT2D eigenvalue weighted by Gasteiger charge is -2.20. The average Bonchev–Trinajstić information content (AvgIpc) is 2.60. The van der Waals surface area contributed by atoms with Gasteiger partial charge in [-0.05, 0) is 0 Å². The van der Waals surface area contributed by atoms with E-state index in [0.29, 0.717) is 13.5 Å². The van der Waals surface area contributed by atoms with Gasteiger partial charge < -0.3 is 19.3 Å². The molecule has 0 spiro atoms. The van der Waals surface area contributed by atoms with E-state index >= 15 is 0 Å². The first kappa shape index (κ1) is 6.39. The van der Waals surface area contributed by atoms with Crippen LogP contribution in [0.4, 0.5) is 0 Å². The van der Waals surface area contributed by atoms with Gasteiger partial charge in [0.05, 0.1) is 6.67 Å². The third-order valence-electron chi connectivity index (χ3n) is 1.58. The van der Waals surface area contributed by atoms with Crippen LogP contribution in [0, 0.1) is 0 Å². The smallest absolute Gasteiger partial charge is 0.161 e. The first-order valence-electron chi connectivity index (χ1n) is 3.50. The van der Waals surface area contributed by atoms with Crippen molar-refractivity contribution in [3.8, 4) is 0 Å². The first-order valence-corrected chi connectivity index (χ1v) is 3.50. The molecule has 0 aromatic heterocycles. The molecule has 0 aliphatic carbocycles. The van der Waals surface area contributed by atoms with Crippen LogP contribution in [0.15, 0.2) is 24.9 Å². The summed E-state index contributed by atoms with van der Waals surface area (Å²) in [5.74, 6) is 0. The molecule has 0 amide bonds. The number of hydrogen-bond acceptors (Lipinski definition) is 4. The van der Waals surface area contributed by atoms with Gasteiger partial charge in [-0.15, -0.1) is 0 Å². The Hall–Kier alpha value is -1.32. The molecule has 0 saturated heterocycles. The van der Waals surface area contributed by atoms with Crippen molar-refractivity contribution in [2.75, 3.05) is 20.1 Å². The van der Waals surface area contributed by atoms with E-state index in [4.69, 9.17) is 9.47 Å². The van der Waals surface area contributed by atoms with Crippen molar-refractivity contribution < 1.29 is 9.47 Å². The van der Waals surface area contributed by atoms with E-state index in [0.717, 1.165) is 6.67 Å². The zero-order valence-corrected chi connectivity index (χ0v) is 6.14. The van der Waals surface area contributed by atoms with Crippen molar-refractivity contribution >= 4 is 0 Å². The highest BCUT2D eigenvalue weighted by Crippen LogP contribution is 2.06. The Morgan fingerprint density at radius 2 is 1.55 bits per heavy atom. The standard InChI is InChI=1S/C7H10N2O2/c1-3-10-6-8(1)5-9-2-4-11-7-9/h1-4H,5-7H2. The second kappa shape index (κ2) is 2.74. The topological polar surface area (TPSA) is 24.9 Å². The molecule has 0 N–H and O–H groups in total. The fourth-order valence-electron chi connectivity index (χ4n) is 1.03. The summed E-state index contributed by atoms with van der Waals surface area (Å²) >= 11 is 0. The molecule has 0 bridgehead atoms. The Balaban J connectivity index is 1.80. The Morgan fingerprint density at radius 3 is 1.91 bits per heavy atom. The van der Waals surface area contributed by atoms with Gasteiger partial charge in [-0.1, -0.05) is 0 Å². The molecule has 0 atom stereocenters. The minimum atomic E-state index is 0.643. The maximum absolute atomic E-state index is 5.02. The Kier molecular flexibility index (Phi) is 1.59. The van der Waals surface area contributed by atoms with Gasteiger partial charge >= 0.3 is 0 Å². The normalized spacial score (nSPS) is 20.7. The van der Waals surface area contributed by atoms with Crippen molar-refractivity contribution in [2.45, 2.75) is 0 Å². The number of hydrogen-bond donors (Lipinski definition) is 0. The van der Waals surface area contributed by atoms with Crippen LogP contribution in [-0.4, -0.2) is 29.9 Å². The van der Waals surface area contributed by atoms with E-state index in [1.165, 1.54) is 0 Å². The summed E-state index contributed by atoms with van der Waals surface area (Å²) in [5, 5.41) is 0. The van der Waals surface area contributed by atoms with Crippen LogP contribution in [0.3, 0.4) is 0 Å². The molecule has 2 heterocycles. The summed E-state index contributed by atoms with van der Waals surface area (Å²) < 4.78 is 10.0. The van der Waals surface area contributed by atoms with Crippen molar-refractivity contribution in [2.24, 2.45) is 0 Å². The SMILES string of the molecule is C1=CN(CN2C=COC2)CO1. The quantitative estimate of drug-likeness (QED) is 0.577. The van der Waals surface area contributed by atoms with Gasteiger partial charge in [-0.25, -0.2) is 0 Å². The molecule has 4 nitrogen and oxygen atoms in total. The minimum absolute atomic E-state index is 0.643. The predicted octanol–water partition coefficient (Wildman–Crippen LogP) is 0.466. The lowest BCUT2D eigenvalue weighted by Crippen LogP contribution is -2.29. The van der Waals surface area contributed by atoms with Crippen LogP contribution in [0.1, 0.15) is 0 Å². The number of rotatable bonds is 2. The van der Waals surface area contributed by atoms with Crippen molar-refractivity contribution in [1.82, 2.24) is 9.80 Å². The third-order valence-corrected chi connectivity index (χ3v) is 1.58. The zero-order chi connectivity index (χ0) is 7.52. The largest absolute Gasteiger partial charge is 0.479 e. The highest BCUT2D eigenvalue weighted by Gasteiger charge is 2.10. The van der Waals surface area contributed by atoms with Gasteiger partial charge in [0.1, 0.15) is 12.5 Å². The summed E-state index contributed by atoms with van der Waals surface area (Å²) in [6.07, 6.45) is 7.24. The third kappa shape index (κ3) is 1.39. The molecular formula is C7H10N2O2. The highest BCUT2D eigenvalue weighted by molar-refractivity contribution is 4.84. The first-order chi connectivity index (χ1) is 5.45. The van der Waals surface area contributed by atoms with Gasteiger partial charge in [0.2, 0.25) is 0 Å². The fourth-order valence-corrected chi connectivity index (χ4v) is 1.03. The Bertz CT molecular complexity index is 171. The second-order valence-corrected chi connectivity index (χ2v) is 2.48. The molecule has 0 radical (unpaired) electrons. The molecule has 0 fully saturated rings. The van der Waals surface area contributed by atoms with E-state index in [2.05, 4.69) is 9.80 Å². The molecule has 2 rings (SSSR count). The van der Waals surface area contributed by atoms with Gasteiger partial charge in [0.25, 0.3) is 0 Å². The zero-order valence-electron chi connectivity index (χ0n) is 6.14. The van der Waals surface area contributed by atoms with Crippen LogP contribution in [-0.2, 0) is 9.47 Å². The van der Waals surface area contributed by atoms with Crippen molar-refractivity contribution in [3.63, 3.8) is 0 Å². The molecule has 11 heavy (non-hydrogen) atoms. The highest BCUT2D eigenvalue weighted by atomic mass is 16.5. The van der Waals surface area contributed by atoms with Gasteiger partial charge in [-0.2, -0.15) is 0 Å². The maximum atomic E-state index is 5.02. The molecule has 0 aromatic rings. The van der Waals surface area contributed by atoms with Gasteiger partial charge in [0, 0.05) is 12.4 Å². The predicted molar refractivity (Wildman–Crippen MR) is 38.7 cm³/mol. The summed E-state index contributed by atoms with van der Waals surface area (Å²) in [6.45, 7) is 2.11. The lowest BCUT2D eigenvalue weighted by molar-refractivity contribution is 0.0932. The van der Waals surface area contributed by atoms with E-state index in [9.17, 15) is 0 Å². The van der Waals surface area contributed by atoms with Crippen molar-refractivity contribution in [1.29, 1.82) is 0 Å². The monoisotopic (exact) mass is 154 g/mol. The summed E-state index contributed by atoms with van der Waals surface area (Å²) in [4.78, 5) is 4.11. The molecule has 2 aliphatic heterocycles. The van der Waals surface area contributed by atoms with E-state index in [1.807, 2.05) is 12.4 Å². The lowest BCUT2D eigenvalue weighted by atomic mass is 10.7. The number of ether oxygens (including phenoxy) is 2. The molecular weight excluding hydrogens is 144 g/mol. The van der Waals surface area contributed by atoms with E-state index in [-0.39, 0.29) is 0 Å². The van der Waals surface area contributed by atoms with Crippen LogP contribution in [0.25, 0.3) is 0 Å². The van der Waals surface area contributed by atoms with Crippen LogP contribution >= 0.6 is 0 Å². The van der Waals surface area contributed by atoms with Gasteiger partial charge in [-0.3, -0.25) is 0 Å². The maximum Gasteiger partial charge on any atom is 0.161 e. The Labute approximate surface area is 65.3 Å². The van der Waals surface area contributed by atoms with E-state index < -0.39 is 0 Å². The summed E-state index contributed by atoms with van der Waals surface area (Å²) in [6, 6.07) is 0. The van der Waals surface area contributed by atoms with Crippen LogP contribution in [0.5, 0.6) is 0 Å². The minimum Gasteiger partial charge on any atom is -0.479 e. The van der Waals surface area contributed by atoms with Crippen molar-refractivity contribution in [3.05, 3.63) is 24.9 Å². The molecule has 0 unspecified atom stereocenters. The molecule has 0 aromatic carbocycles. The van der Waals surface area contributed by atoms with Crippen LogP contribution < -0.4 is 0 Å². The fraction of sp³-hybridized carbons (Fsp3) is 0.429. The Morgan fingerprint density at radius 1 is 1.00 bits per heavy atom. The molecule has 60 valence electrons. The molecule has 0 saturated carbocycles. The van der Waals surface area contributed by atoms with Gasteiger partial charge in [0.15, 0.2) is 13.5 Å². The second-order valence-electron chi connectivity index (χ2n) is 2.48. The van der Waals surface area contributed by atoms with Crippen LogP contribution in [0.2, 0.25) is 0 Å². The molecule has 2 aliphatic rings. The molecule has 4 heteroatoms.